The molecule has 4 fully saturated rings. The first-order valence-electron chi connectivity index (χ1n) is 12.9. The number of carbonyl (C=O) groups is 2. The molecule has 7 heteroatoms. The maximum absolute atomic E-state index is 12.0. The minimum absolute atomic E-state index is 0. The van der Waals surface area contributed by atoms with Crippen molar-refractivity contribution in [2.75, 3.05) is 6.54 Å². The molecule has 10 atom stereocenters. The average Bonchev–Trinajstić information content (AvgIpc) is 3.09. The summed E-state index contributed by atoms with van der Waals surface area (Å²) < 4.78 is 0. The Hall–Kier alpha value is 0.496. The molecule has 182 valence electrons. The van der Waals surface area contributed by atoms with Gasteiger partial charge in [-0.2, -0.15) is 0 Å². The van der Waals surface area contributed by atoms with Crippen molar-refractivity contribution in [3.8, 4) is 0 Å². The normalized spacial score (nSPS) is 45.1. The summed E-state index contributed by atoms with van der Waals surface area (Å²) in [6, 6.07) is 0. The molecule has 0 spiro atoms. The molecule has 4 rings (SSSR count). The van der Waals surface area contributed by atoms with Crippen LogP contribution in [0.15, 0.2) is 0 Å². The molecule has 4 saturated carbocycles. The molecule has 3 N–H and O–H groups in total. The maximum atomic E-state index is 12.0. The second-order valence-electron chi connectivity index (χ2n) is 12.1. The summed E-state index contributed by atoms with van der Waals surface area (Å²) in [5.74, 6) is 1.57. The number of aliphatic hydroxyl groups excluding tert-OH is 2. The minimum Gasteiger partial charge on any atom is -0.548 e. The van der Waals surface area contributed by atoms with Crippen LogP contribution in [-0.4, -0.2) is 40.8 Å². The zero-order chi connectivity index (χ0) is 23.3. The number of rotatable bonds is 6. The van der Waals surface area contributed by atoms with Crippen molar-refractivity contribution in [2.24, 2.45) is 46.3 Å². The largest absolute Gasteiger partial charge is 1.00 e. The number of carboxylic acids is 1. The fourth-order valence-electron chi connectivity index (χ4n) is 9.07. The summed E-state index contributed by atoms with van der Waals surface area (Å²) in [7, 11) is 0. The number of aliphatic hydroxyl groups is 2. The van der Waals surface area contributed by atoms with Crippen LogP contribution < -0.4 is 61.8 Å². The summed E-state index contributed by atoms with van der Waals surface area (Å²) in [4.78, 5) is 22.6. The first kappa shape index (κ1) is 28.1. The average molecular weight is 488 g/mol. The van der Waals surface area contributed by atoms with E-state index in [1.54, 1.807) is 0 Å². The SMILES string of the molecule is C[C@H](CCC(=O)NCC(=O)[O-])[C@H]1CC[C@H]2[C@@H]3C[C@H](O)C4C[C@H](O)CC[C@]4(C)[C@H]3CC[C@]12C.[K+]. The molecule has 6 nitrogen and oxygen atoms in total. The number of carboxylic acid groups (broad SMARTS) is 1. The Morgan fingerprint density at radius 2 is 1.67 bits per heavy atom. The van der Waals surface area contributed by atoms with E-state index < -0.39 is 12.5 Å². The van der Waals surface area contributed by atoms with Gasteiger partial charge in [0.25, 0.3) is 0 Å². The van der Waals surface area contributed by atoms with Gasteiger partial charge in [-0.15, -0.1) is 0 Å². The second kappa shape index (κ2) is 10.9. The zero-order valence-corrected chi connectivity index (χ0v) is 24.1. The first-order chi connectivity index (χ1) is 15.1. The van der Waals surface area contributed by atoms with E-state index in [2.05, 4.69) is 26.1 Å². The third kappa shape index (κ3) is 5.30. The summed E-state index contributed by atoms with van der Waals surface area (Å²) in [5, 5.41) is 34.4. The topological polar surface area (TPSA) is 110 Å². The summed E-state index contributed by atoms with van der Waals surface area (Å²) in [6.07, 6.45) is 8.92. The monoisotopic (exact) mass is 487 g/mol. The van der Waals surface area contributed by atoms with Crippen LogP contribution in [0, 0.1) is 46.3 Å². The molecular weight excluding hydrogens is 445 g/mol. The molecule has 33 heavy (non-hydrogen) atoms. The van der Waals surface area contributed by atoms with Crippen molar-refractivity contribution < 1.29 is 76.3 Å². The Balaban J connectivity index is 0.00000306. The smallest absolute Gasteiger partial charge is 0.548 e. The van der Waals surface area contributed by atoms with Gasteiger partial charge in [-0.05, 0) is 104 Å². The van der Waals surface area contributed by atoms with Crippen LogP contribution in [0.3, 0.4) is 0 Å². The van der Waals surface area contributed by atoms with Crippen LogP contribution >= 0.6 is 0 Å². The van der Waals surface area contributed by atoms with Gasteiger partial charge < -0.3 is 25.4 Å². The molecule has 0 aromatic rings. The van der Waals surface area contributed by atoms with E-state index >= 15 is 0 Å². The molecule has 0 aromatic heterocycles. The Bertz CT molecular complexity index is 733. The molecule has 0 radical (unpaired) electrons. The summed E-state index contributed by atoms with van der Waals surface area (Å²) >= 11 is 0. The molecular formula is C26H42KNO5. The standard InChI is InChI=1S/C26H43NO5.K/c1-15(4-7-23(30)27-14-24(31)32)18-5-6-19-17-13-22(29)21-12-16(28)8-10-26(21,3)20(17)9-11-25(18,19)2;/h15-22,28-29H,4-14H2,1-3H3,(H,27,30)(H,31,32);/q;+1/p-1/t15-,16-,17+,18-,19+,20+,21?,22+,25-,26-;/m1./s1. The van der Waals surface area contributed by atoms with E-state index in [0.29, 0.717) is 36.0 Å². The summed E-state index contributed by atoms with van der Waals surface area (Å²) in [6.45, 7) is 6.70. The molecule has 0 heterocycles. The molecule has 1 amide bonds. The van der Waals surface area contributed by atoms with Crippen LogP contribution in [0.2, 0.25) is 0 Å². The van der Waals surface area contributed by atoms with Gasteiger partial charge in [0.2, 0.25) is 5.91 Å². The van der Waals surface area contributed by atoms with Gasteiger partial charge in [0.1, 0.15) is 0 Å². The van der Waals surface area contributed by atoms with Gasteiger partial charge in [-0.1, -0.05) is 20.8 Å². The van der Waals surface area contributed by atoms with Crippen molar-refractivity contribution in [1.29, 1.82) is 0 Å². The van der Waals surface area contributed by atoms with Crippen molar-refractivity contribution in [3.05, 3.63) is 0 Å². The van der Waals surface area contributed by atoms with Gasteiger partial charge in [0.05, 0.1) is 24.7 Å². The van der Waals surface area contributed by atoms with Gasteiger partial charge in [0, 0.05) is 6.42 Å². The van der Waals surface area contributed by atoms with Gasteiger partial charge >= 0.3 is 51.4 Å². The van der Waals surface area contributed by atoms with Crippen molar-refractivity contribution in [2.45, 2.75) is 97.2 Å². The quantitative estimate of drug-likeness (QED) is 0.428. The van der Waals surface area contributed by atoms with Gasteiger partial charge in [-0.25, -0.2) is 0 Å². The molecule has 4 aliphatic carbocycles. The molecule has 0 aromatic carbocycles. The van der Waals surface area contributed by atoms with E-state index in [1.165, 1.54) is 25.7 Å². The van der Waals surface area contributed by atoms with Crippen molar-refractivity contribution >= 4 is 11.9 Å². The van der Waals surface area contributed by atoms with Crippen LogP contribution in [0.25, 0.3) is 0 Å². The van der Waals surface area contributed by atoms with Crippen LogP contribution in [-0.2, 0) is 9.59 Å². The third-order valence-electron chi connectivity index (χ3n) is 10.7. The van der Waals surface area contributed by atoms with Gasteiger partial charge in [0.15, 0.2) is 0 Å². The molecule has 0 aliphatic heterocycles. The number of hydrogen-bond donors (Lipinski definition) is 3. The fourth-order valence-corrected chi connectivity index (χ4v) is 9.07. The third-order valence-corrected chi connectivity index (χ3v) is 10.7. The van der Waals surface area contributed by atoms with E-state index in [9.17, 15) is 24.9 Å². The number of nitrogens with one attached hydrogen (secondary N) is 1. The Morgan fingerprint density at radius 1 is 1.00 bits per heavy atom. The molecule has 4 aliphatic rings. The predicted octanol–water partition coefficient (Wildman–Crippen LogP) is -0.737. The number of fused-ring (bicyclic) bond motifs is 5. The van der Waals surface area contributed by atoms with Crippen molar-refractivity contribution in [1.82, 2.24) is 5.32 Å². The Labute approximate surface area is 241 Å². The van der Waals surface area contributed by atoms with E-state index in [-0.39, 0.29) is 86.2 Å². The minimum atomic E-state index is -1.26. The van der Waals surface area contributed by atoms with Crippen LogP contribution in [0.4, 0.5) is 0 Å². The summed E-state index contributed by atoms with van der Waals surface area (Å²) in [5.41, 5.74) is 0.392. The van der Waals surface area contributed by atoms with E-state index in [1.807, 2.05) is 0 Å². The Kier molecular flexibility index (Phi) is 9.23. The number of carbonyl (C=O) groups excluding carboxylic acids is 2. The predicted molar refractivity (Wildman–Crippen MR) is 119 cm³/mol. The first-order valence-corrected chi connectivity index (χ1v) is 12.9. The van der Waals surface area contributed by atoms with Crippen molar-refractivity contribution in [3.63, 3.8) is 0 Å². The van der Waals surface area contributed by atoms with Crippen LogP contribution in [0.5, 0.6) is 0 Å². The number of amides is 1. The maximum Gasteiger partial charge on any atom is 1.00 e. The second-order valence-corrected chi connectivity index (χ2v) is 12.1. The molecule has 0 saturated heterocycles. The zero-order valence-electron chi connectivity index (χ0n) is 21.0. The number of aliphatic carboxylic acids is 1. The van der Waals surface area contributed by atoms with E-state index in [4.69, 9.17) is 0 Å². The number of hydrogen-bond acceptors (Lipinski definition) is 5. The molecule has 1 unspecified atom stereocenters. The van der Waals surface area contributed by atoms with Crippen LogP contribution in [0.1, 0.15) is 85.0 Å². The fraction of sp³-hybridized carbons (Fsp3) is 0.923. The molecule has 0 bridgehead atoms. The van der Waals surface area contributed by atoms with Gasteiger partial charge in [-0.3, -0.25) is 4.79 Å². The van der Waals surface area contributed by atoms with E-state index in [0.717, 1.165) is 32.1 Å². The Morgan fingerprint density at radius 3 is 2.36 bits per heavy atom.